The molecule has 2 N–H and O–H groups in total. The van der Waals surface area contributed by atoms with E-state index in [0.29, 0.717) is 17.2 Å². The topological polar surface area (TPSA) is 77.8 Å². The van der Waals surface area contributed by atoms with Crippen LogP contribution < -0.4 is 10.6 Å². The van der Waals surface area contributed by atoms with E-state index in [9.17, 15) is 4.79 Å². The molecule has 0 fully saturated rings. The molecule has 3 aromatic rings. The van der Waals surface area contributed by atoms with Crippen molar-refractivity contribution in [2.45, 2.75) is 19.8 Å². The number of carbonyl (C=O) groups is 1. The highest BCUT2D eigenvalue weighted by Crippen LogP contribution is 2.24. The number of nitriles is 1. The average molecular weight is 356 g/mol. The summed E-state index contributed by atoms with van der Waals surface area (Å²) in [7, 11) is 0. The molecule has 0 radical (unpaired) electrons. The van der Waals surface area contributed by atoms with Crippen LogP contribution in [-0.4, -0.2) is 10.9 Å². The fourth-order valence-electron chi connectivity index (χ4n) is 2.73. The zero-order chi connectivity index (χ0) is 19.2. The smallest absolute Gasteiger partial charge is 0.274 e. The van der Waals surface area contributed by atoms with E-state index >= 15 is 0 Å². The predicted octanol–water partition coefficient (Wildman–Crippen LogP) is 5.07. The molecule has 0 saturated carbocycles. The van der Waals surface area contributed by atoms with Crippen molar-refractivity contribution in [1.29, 1.82) is 5.26 Å². The lowest BCUT2D eigenvalue weighted by Crippen LogP contribution is -2.15. The Kier molecular flexibility index (Phi) is 5.48. The van der Waals surface area contributed by atoms with Crippen LogP contribution >= 0.6 is 0 Å². The highest BCUT2D eigenvalue weighted by molar-refractivity contribution is 6.03. The summed E-state index contributed by atoms with van der Waals surface area (Å²) >= 11 is 0. The molecule has 27 heavy (non-hydrogen) atoms. The van der Waals surface area contributed by atoms with E-state index in [2.05, 4.69) is 35.5 Å². The summed E-state index contributed by atoms with van der Waals surface area (Å²) in [6, 6.07) is 20.5. The minimum atomic E-state index is -0.258. The predicted molar refractivity (Wildman–Crippen MR) is 107 cm³/mol. The van der Waals surface area contributed by atoms with Crippen LogP contribution in [0, 0.1) is 11.3 Å². The van der Waals surface area contributed by atoms with E-state index in [4.69, 9.17) is 5.26 Å². The van der Waals surface area contributed by atoms with E-state index in [-0.39, 0.29) is 5.91 Å². The van der Waals surface area contributed by atoms with Gasteiger partial charge >= 0.3 is 0 Å². The van der Waals surface area contributed by atoms with Crippen LogP contribution in [0.2, 0.25) is 0 Å². The molecule has 0 aliphatic carbocycles. The number of benzene rings is 2. The molecule has 5 nitrogen and oxygen atoms in total. The molecule has 0 aliphatic rings. The summed E-state index contributed by atoms with van der Waals surface area (Å²) in [4.78, 5) is 16.8. The van der Waals surface area contributed by atoms with Gasteiger partial charge in [0, 0.05) is 23.3 Å². The molecule has 1 amide bonds. The van der Waals surface area contributed by atoms with Crippen molar-refractivity contribution in [3.05, 3.63) is 83.7 Å². The Bertz CT molecular complexity index is 988. The number of para-hydroxylation sites is 1. The second-order valence-corrected chi connectivity index (χ2v) is 6.44. The van der Waals surface area contributed by atoms with Crippen molar-refractivity contribution >= 4 is 23.0 Å². The summed E-state index contributed by atoms with van der Waals surface area (Å²) in [5.74, 6) is 0.0467. The third-order valence-corrected chi connectivity index (χ3v) is 4.13. The van der Waals surface area contributed by atoms with Gasteiger partial charge in [-0.2, -0.15) is 5.26 Å². The first-order valence-corrected chi connectivity index (χ1v) is 8.70. The lowest BCUT2D eigenvalue weighted by molar-refractivity contribution is 0.102. The van der Waals surface area contributed by atoms with Crippen LogP contribution in [0.15, 0.2) is 66.9 Å². The number of hydrogen-bond donors (Lipinski definition) is 2. The maximum Gasteiger partial charge on any atom is 0.274 e. The fraction of sp³-hybridized carbons (Fsp3) is 0.136. The highest BCUT2D eigenvalue weighted by atomic mass is 16.1. The van der Waals surface area contributed by atoms with Crippen molar-refractivity contribution in [1.82, 2.24) is 4.98 Å². The number of pyridine rings is 1. The van der Waals surface area contributed by atoms with Crippen LogP contribution in [0.1, 0.15) is 41.4 Å². The molecule has 0 unspecified atom stereocenters. The zero-order valence-electron chi connectivity index (χ0n) is 15.2. The van der Waals surface area contributed by atoms with E-state index in [1.807, 2.05) is 36.4 Å². The molecule has 1 aromatic heterocycles. The average Bonchev–Trinajstić information content (AvgIpc) is 2.69. The molecular weight excluding hydrogens is 336 g/mol. The Morgan fingerprint density at radius 2 is 1.78 bits per heavy atom. The van der Waals surface area contributed by atoms with Crippen LogP contribution in [0.25, 0.3) is 0 Å². The molecule has 2 aromatic carbocycles. The van der Waals surface area contributed by atoms with E-state index in [1.54, 1.807) is 30.5 Å². The lowest BCUT2D eigenvalue weighted by atomic mass is 10.0. The number of nitrogens with zero attached hydrogens (tertiary/aromatic N) is 2. The number of rotatable bonds is 5. The van der Waals surface area contributed by atoms with E-state index in [0.717, 1.165) is 22.6 Å². The summed E-state index contributed by atoms with van der Waals surface area (Å²) < 4.78 is 0. The largest absolute Gasteiger partial charge is 0.355 e. The standard InChI is InChI=1S/C22H20N4O/c1-15(2)19-5-3-4-6-20(19)26-22(27)21-13-18(11-12-24-21)25-17-9-7-16(14-23)8-10-17/h3-13,15H,1-2H3,(H,24,25)(H,26,27). The number of nitrogens with one attached hydrogen (secondary N) is 2. The van der Waals surface area contributed by atoms with Gasteiger partial charge in [-0.25, -0.2) is 0 Å². The quantitative estimate of drug-likeness (QED) is 0.669. The van der Waals surface area contributed by atoms with Gasteiger partial charge < -0.3 is 10.6 Å². The maximum atomic E-state index is 12.6. The lowest BCUT2D eigenvalue weighted by Gasteiger charge is -2.14. The molecule has 0 aliphatic heterocycles. The molecule has 0 saturated heterocycles. The monoisotopic (exact) mass is 356 g/mol. The summed E-state index contributed by atoms with van der Waals surface area (Å²) in [5, 5.41) is 15.0. The van der Waals surface area contributed by atoms with Gasteiger partial charge in [0.25, 0.3) is 5.91 Å². The van der Waals surface area contributed by atoms with Crippen molar-refractivity contribution < 1.29 is 4.79 Å². The van der Waals surface area contributed by atoms with Gasteiger partial charge in [0.2, 0.25) is 0 Å². The molecule has 134 valence electrons. The number of hydrogen-bond acceptors (Lipinski definition) is 4. The Balaban J connectivity index is 1.77. The molecule has 3 rings (SSSR count). The SMILES string of the molecule is CC(C)c1ccccc1NC(=O)c1cc(Nc2ccc(C#N)cc2)ccn1. The second-order valence-electron chi connectivity index (χ2n) is 6.44. The van der Waals surface area contributed by atoms with Gasteiger partial charge in [0.1, 0.15) is 5.69 Å². The first-order valence-electron chi connectivity index (χ1n) is 8.70. The highest BCUT2D eigenvalue weighted by Gasteiger charge is 2.12. The Labute approximate surface area is 158 Å². The summed E-state index contributed by atoms with van der Waals surface area (Å²) in [6.45, 7) is 4.18. The maximum absolute atomic E-state index is 12.6. The zero-order valence-corrected chi connectivity index (χ0v) is 15.2. The van der Waals surface area contributed by atoms with Gasteiger partial charge in [-0.1, -0.05) is 32.0 Å². The van der Waals surface area contributed by atoms with Crippen LogP contribution in [0.3, 0.4) is 0 Å². The summed E-state index contributed by atoms with van der Waals surface area (Å²) in [5.41, 5.74) is 4.38. The minimum absolute atomic E-state index is 0.258. The van der Waals surface area contributed by atoms with Crippen molar-refractivity contribution in [2.75, 3.05) is 10.6 Å². The van der Waals surface area contributed by atoms with Crippen LogP contribution in [0.4, 0.5) is 17.1 Å². The first kappa shape index (κ1) is 18.2. The number of amides is 1. The first-order chi connectivity index (χ1) is 13.1. The van der Waals surface area contributed by atoms with Gasteiger partial charge in [-0.15, -0.1) is 0 Å². The number of carbonyl (C=O) groups excluding carboxylic acids is 1. The van der Waals surface area contributed by atoms with Gasteiger partial charge in [0.15, 0.2) is 0 Å². The van der Waals surface area contributed by atoms with Crippen molar-refractivity contribution in [2.24, 2.45) is 0 Å². The van der Waals surface area contributed by atoms with Crippen LogP contribution in [-0.2, 0) is 0 Å². The molecule has 0 spiro atoms. The van der Waals surface area contributed by atoms with Gasteiger partial charge in [-0.3, -0.25) is 9.78 Å². The normalized spacial score (nSPS) is 10.3. The third-order valence-electron chi connectivity index (χ3n) is 4.13. The molecular formula is C22H20N4O. The minimum Gasteiger partial charge on any atom is -0.355 e. The number of anilines is 3. The molecule has 0 atom stereocenters. The third kappa shape index (κ3) is 4.50. The van der Waals surface area contributed by atoms with Crippen molar-refractivity contribution in [3.63, 3.8) is 0 Å². The van der Waals surface area contributed by atoms with Gasteiger partial charge in [-0.05, 0) is 53.9 Å². The number of aromatic nitrogens is 1. The Morgan fingerprint density at radius 1 is 1.04 bits per heavy atom. The van der Waals surface area contributed by atoms with E-state index in [1.165, 1.54) is 0 Å². The van der Waals surface area contributed by atoms with Crippen LogP contribution in [0.5, 0.6) is 0 Å². The fourth-order valence-corrected chi connectivity index (χ4v) is 2.73. The molecule has 1 heterocycles. The van der Waals surface area contributed by atoms with Gasteiger partial charge in [0.05, 0.1) is 11.6 Å². The second kappa shape index (κ2) is 8.15. The molecule has 0 bridgehead atoms. The van der Waals surface area contributed by atoms with E-state index < -0.39 is 0 Å². The Morgan fingerprint density at radius 3 is 2.48 bits per heavy atom. The van der Waals surface area contributed by atoms with Crippen molar-refractivity contribution in [3.8, 4) is 6.07 Å². The Hall–Kier alpha value is -3.65. The molecule has 5 heteroatoms. The summed E-state index contributed by atoms with van der Waals surface area (Å²) in [6.07, 6.45) is 1.59.